The van der Waals surface area contributed by atoms with Crippen molar-refractivity contribution in [3.8, 4) is 0 Å². The van der Waals surface area contributed by atoms with Crippen LogP contribution in [-0.2, 0) is 24.8 Å². The van der Waals surface area contributed by atoms with Crippen molar-refractivity contribution >= 4 is 20.0 Å². The van der Waals surface area contributed by atoms with Crippen molar-refractivity contribution in [3.05, 3.63) is 30.3 Å². The van der Waals surface area contributed by atoms with Gasteiger partial charge in [0.05, 0.1) is 10.6 Å². The second-order valence-corrected chi connectivity index (χ2v) is 10.1. The lowest BCUT2D eigenvalue weighted by atomic mass is 10.4. The summed E-state index contributed by atoms with van der Waals surface area (Å²) in [4.78, 5) is 0.164. The summed E-state index contributed by atoms with van der Waals surface area (Å²) >= 11 is 0. The van der Waals surface area contributed by atoms with Crippen LogP contribution in [0.5, 0.6) is 0 Å². The highest BCUT2D eigenvalue weighted by Gasteiger charge is 2.29. The van der Waals surface area contributed by atoms with E-state index in [-0.39, 0.29) is 23.7 Å². The maximum absolute atomic E-state index is 12.9. The maximum atomic E-state index is 12.9. The zero-order chi connectivity index (χ0) is 19.0. The summed E-state index contributed by atoms with van der Waals surface area (Å²) < 4.78 is 58.5. The third-order valence-electron chi connectivity index (χ3n) is 4.20. The van der Waals surface area contributed by atoms with E-state index in [0.717, 1.165) is 0 Å². The van der Waals surface area contributed by atoms with E-state index in [1.54, 1.807) is 25.3 Å². The molecule has 1 heterocycles. The molecule has 1 N–H and O–H groups in total. The maximum Gasteiger partial charge on any atom is 0.243 e. The predicted octanol–water partition coefficient (Wildman–Crippen LogP) is -0.0512. The van der Waals surface area contributed by atoms with Crippen molar-refractivity contribution in [2.75, 3.05) is 58.7 Å². The second-order valence-electron chi connectivity index (χ2n) is 6.03. The van der Waals surface area contributed by atoms with E-state index in [0.29, 0.717) is 39.2 Å². The molecule has 1 saturated heterocycles. The van der Waals surface area contributed by atoms with Crippen molar-refractivity contribution in [1.82, 2.24) is 13.9 Å². The van der Waals surface area contributed by atoms with Crippen LogP contribution in [0.1, 0.15) is 6.42 Å². The Morgan fingerprint density at radius 1 is 1.08 bits per heavy atom. The first-order valence-corrected chi connectivity index (χ1v) is 11.7. The Labute approximate surface area is 156 Å². The first kappa shape index (κ1) is 21.3. The van der Waals surface area contributed by atoms with Gasteiger partial charge in [0.15, 0.2) is 0 Å². The topological polar surface area (TPSA) is 96.0 Å². The Morgan fingerprint density at radius 2 is 1.73 bits per heavy atom. The van der Waals surface area contributed by atoms with Gasteiger partial charge < -0.3 is 10.1 Å². The van der Waals surface area contributed by atoms with Crippen LogP contribution in [0.2, 0.25) is 0 Å². The Bertz CT molecular complexity index is 747. The molecule has 0 amide bonds. The van der Waals surface area contributed by atoms with E-state index >= 15 is 0 Å². The molecule has 0 atom stereocenters. The number of hydrogen-bond acceptors (Lipinski definition) is 6. The average Bonchev–Trinajstić information content (AvgIpc) is 2.66. The van der Waals surface area contributed by atoms with Gasteiger partial charge in [-0.3, -0.25) is 0 Å². The molecule has 1 aromatic carbocycles. The number of hydrogen-bond donors (Lipinski definition) is 1. The van der Waals surface area contributed by atoms with E-state index in [1.165, 1.54) is 20.7 Å². The zero-order valence-corrected chi connectivity index (χ0v) is 16.6. The molecule has 10 heteroatoms. The highest BCUT2D eigenvalue weighted by atomic mass is 32.2. The third kappa shape index (κ3) is 5.73. The minimum Gasteiger partial charge on any atom is -0.385 e. The number of ether oxygens (including phenoxy) is 1. The average molecular weight is 406 g/mol. The highest BCUT2D eigenvalue weighted by molar-refractivity contribution is 7.90. The van der Waals surface area contributed by atoms with Gasteiger partial charge in [0.25, 0.3) is 0 Å². The number of rotatable bonds is 10. The van der Waals surface area contributed by atoms with E-state index in [1.807, 2.05) is 0 Å². The minimum absolute atomic E-state index is 0.0762. The lowest BCUT2D eigenvalue weighted by molar-refractivity contribution is 0.188. The fourth-order valence-electron chi connectivity index (χ4n) is 2.75. The summed E-state index contributed by atoms with van der Waals surface area (Å²) in [5.41, 5.74) is 0. The van der Waals surface area contributed by atoms with Gasteiger partial charge in [-0.25, -0.2) is 16.8 Å². The minimum atomic E-state index is -3.75. The Kier molecular flexibility index (Phi) is 7.99. The molecule has 0 unspecified atom stereocenters. The fourth-order valence-corrected chi connectivity index (χ4v) is 5.81. The van der Waals surface area contributed by atoms with E-state index in [2.05, 4.69) is 5.32 Å². The van der Waals surface area contributed by atoms with Crippen molar-refractivity contribution in [2.24, 2.45) is 0 Å². The van der Waals surface area contributed by atoms with Crippen LogP contribution in [0.3, 0.4) is 0 Å². The second kappa shape index (κ2) is 9.77. The number of methoxy groups -OCH3 is 1. The van der Waals surface area contributed by atoms with Gasteiger partial charge in [0.2, 0.25) is 20.0 Å². The molecular weight excluding hydrogens is 378 g/mol. The standard InChI is InChI=1S/C16H27N3O5S2/c1-24-14-5-10-19(26(22,23)16-6-3-2-4-7-16)13-15-25(20,21)18-11-8-17-9-12-18/h2-4,6-7,17H,5,8-15H2,1H3. The summed E-state index contributed by atoms with van der Waals surface area (Å²) in [6, 6.07) is 8.07. The van der Waals surface area contributed by atoms with E-state index in [4.69, 9.17) is 4.74 Å². The molecule has 1 aliphatic heterocycles. The fraction of sp³-hybridized carbons (Fsp3) is 0.625. The van der Waals surface area contributed by atoms with Crippen molar-refractivity contribution in [3.63, 3.8) is 0 Å². The largest absolute Gasteiger partial charge is 0.385 e. The van der Waals surface area contributed by atoms with Crippen LogP contribution < -0.4 is 5.32 Å². The smallest absolute Gasteiger partial charge is 0.243 e. The van der Waals surface area contributed by atoms with Crippen LogP contribution in [0.15, 0.2) is 35.2 Å². The predicted molar refractivity (Wildman–Crippen MR) is 99.9 cm³/mol. The van der Waals surface area contributed by atoms with Gasteiger partial charge in [0, 0.05) is 53.0 Å². The van der Waals surface area contributed by atoms with Crippen molar-refractivity contribution < 1.29 is 21.6 Å². The molecule has 26 heavy (non-hydrogen) atoms. The Balaban J connectivity index is 2.11. The molecule has 0 saturated carbocycles. The van der Waals surface area contributed by atoms with Crippen molar-refractivity contribution in [2.45, 2.75) is 11.3 Å². The molecule has 1 fully saturated rings. The van der Waals surface area contributed by atoms with E-state index in [9.17, 15) is 16.8 Å². The van der Waals surface area contributed by atoms with Crippen molar-refractivity contribution in [1.29, 1.82) is 0 Å². The van der Waals surface area contributed by atoms with Gasteiger partial charge in [-0.2, -0.15) is 8.61 Å². The summed E-state index contributed by atoms with van der Waals surface area (Å²) in [6.45, 7) is 2.59. The molecule has 1 aromatic rings. The monoisotopic (exact) mass is 405 g/mol. The Hall–Kier alpha value is -1.04. The van der Waals surface area contributed by atoms with Crippen LogP contribution in [-0.4, -0.2) is 84.2 Å². The Morgan fingerprint density at radius 3 is 2.35 bits per heavy atom. The summed E-state index contributed by atoms with van der Waals surface area (Å²) in [7, 11) is -5.70. The summed E-state index contributed by atoms with van der Waals surface area (Å²) in [5.74, 6) is -0.230. The summed E-state index contributed by atoms with van der Waals surface area (Å²) in [6.07, 6.45) is 0.496. The van der Waals surface area contributed by atoms with Gasteiger partial charge >= 0.3 is 0 Å². The molecule has 2 rings (SSSR count). The molecule has 0 bridgehead atoms. The molecule has 0 aromatic heterocycles. The lowest BCUT2D eigenvalue weighted by Gasteiger charge is -2.28. The first-order valence-electron chi connectivity index (χ1n) is 8.60. The van der Waals surface area contributed by atoms with Gasteiger partial charge in [0.1, 0.15) is 0 Å². The molecule has 0 spiro atoms. The van der Waals surface area contributed by atoms with Gasteiger partial charge in [-0.15, -0.1) is 0 Å². The van der Waals surface area contributed by atoms with Gasteiger partial charge in [-0.05, 0) is 18.6 Å². The highest BCUT2D eigenvalue weighted by Crippen LogP contribution is 2.16. The molecule has 1 aliphatic rings. The zero-order valence-electron chi connectivity index (χ0n) is 15.0. The first-order chi connectivity index (χ1) is 12.4. The van der Waals surface area contributed by atoms with Crippen LogP contribution in [0.4, 0.5) is 0 Å². The van der Waals surface area contributed by atoms with Crippen LogP contribution >= 0.6 is 0 Å². The number of sulfonamides is 2. The molecular formula is C16H27N3O5S2. The normalized spacial score (nSPS) is 16.8. The SMILES string of the molecule is COCCCN(CCS(=O)(=O)N1CCNCC1)S(=O)(=O)c1ccccc1. The molecule has 0 radical (unpaired) electrons. The molecule has 0 aliphatic carbocycles. The van der Waals surface area contributed by atoms with Crippen LogP contribution in [0, 0.1) is 0 Å². The summed E-state index contributed by atoms with van der Waals surface area (Å²) in [5, 5.41) is 3.11. The van der Waals surface area contributed by atoms with Gasteiger partial charge in [-0.1, -0.05) is 18.2 Å². The molecule has 8 nitrogen and oxygen atoms in total. The number of nitrogens with one attached hydrogen (secondary N) is 1. The molecule has 148 valence electrons. The van der Waals surface area contributed by atoms with Crippen LogP contribution in [0.25, 0.3) is 0 Å². The number of benzene rings is 1. The quantitative estimate of drug-likeness (QED) is 0.548. The third-order valence-corrected chi connectivity index (χ3v) is 7.97. The number of nitrogens with zero attached hydrogens (tertiary/aromatic N) is 2. The van der Waals surface area contributed by atoms with E-state index < -0.39 is 20.0 Å². The number of piperazine rings is 1. The lowest BCUT2D eigenvalue weighted by Crippen LogP contribution is -2.48.